The number of halogens is 4. The molecule has 2 aromatic carbocycles. The van der Waals surface area contributed by atoms with Crippen LogP contribution in [0.2, 0.25) is 15.1 Å². The van der Waals surface area contributed by atoms with Crippen LogP contribution in [0.25, 0.3) is 0 Å². The monoisotopic (exact) mass is 511 g/mol. The van der Waals surface area contributed by atoms with Crippen LogP contribution in [0.1, 0.15) is 12.5 Å². The van der Waals surface area contributed by atoms with Gasteiger partial charge in [-0.05, 0) is 48.9 Å². The second kappa shape index (κ2) is 11.5. The van der Waals surface area contributed by atoms with Gasteiger partial charge in [0.15, 0.2) is 0 Å². The Kier molecular flexibility index (Phi) is 8.68. The zero-order valence-electron chi connectivity index (χ0n) is 17.8. The molecule has 0 bridgehead atoms. The summed E-state index contributed by atoms with van der Waals surface area (Å²) in [5, 5.41) is 6.88. The van der Waals surface area contributed by atoms with Gasteiger partial charge in [-0.1, -0.05) is 34.8 Å². The number of hydrogen-bond donors (Lipinski definition) is 2. The van der Waals surface area contributed by atoms with Crippen LogP contribution in [-0.4, -0.2) is 35.8 Å². The molecular weight excluding hydrogens is 492 g/mol. The smallest absolute Gasteiger partial charge is 0.327 e. The summed E-state index contributed by atoms with van der Waals surface area (Å²) in [6.07, 6.45) is 1.52. The average Bonchev–Trinajstić information content (AvgIpc) is 2.77. The number of rotatable bonds is 8. The van der Waals surface area contributed by atoms with E-state index in [0.29, 0.717) is 38.9 Å². The van der Waals surface area contributed by atoms with Gasteiger partial charge < -0.3 is 15.4 Å². The van der Waals surface area contributed by atoms with Gasteiger partial charge in [-0.3, -0.25) is 0 Å². The minimum atomic E-state index is -0.515. The molecule has 0 radical (unpaired) electrons. The molecule has 0 fully saturated rings. The van der Waals surface area contributed by atoms with Crippen LogP contribution in [0.4, 0.5) is 26.6 Å². The molecule has 2 amide bonds. The molecule has 2 N–H and O–H groups in total. The highest BCUT2D eigenvalue weighted by Crippen LogP contribution is 2.29. The molecule has 0 saturated heterocycles. The number of anilines is 3. The first-order valence-corrected chi connectivity index (χ1v) is 11.0. The van der Waals surface area contributed by atoms with Gasteiger partial charge >= 0.3 is 6.03 Å². The Morgan fingerprint density at radius 3 is 2.52 bits per heavy atom. The Morgan fingerprint density at radius 2 is 1.82 bits per heavy atom. The van der Waals surface area contributed by atoms with Crippen molar-refractivity contribution >= 4 is 58.3 Å². The Bertz CT molecular complexity index is 1120. The zero-order chi connectivity index (χ0) is 24.0. The fraction of sp³-hybridized carbons (Fsp3) is 0.227. The van der Waals surface area contributed by atoms with Crippen LogP contribution >= 0.6 is 34.8 Å². The molecule has 1 atom stereocenters. The largest absolute Gasteiger partial charge is 0.383 e. The Hall–Kier alpha value is -2.65. The van der Waals surface area contributed by atoms with Crippen molar-refractivity contribution in [2.24, 2.45) is 0 Å². The summed E-state index contributed by atoms with van der Waals surface area (Å²) in [5.74, 6) is 0.158. The lowest BCUT2D eigenvalue weighted by molar-refractivity contribution is 0.190. The number of hydrogen-bond acceptors (Lipinski definition) is 5. The Labute approximate surface area is 205 Å². The van der Waals surface area contributed by atoms with Gasteiger partial charge in [0, 0.05) is 37.0 Å². The molecule has 174 valence electrons. The normalized spacial score (nSPS) is 11.7. The number of ether oxygens (including phenoxy) is 1. The van der Waals surface area contributed by atoms with E-state index in [2.05, 4.69) is 20.6 Å². The second-order valence-electron chi connectivity index (χ2n) is 7.07. The van der Waals surface area contributed by atoms with Gasteiger partial charge in [-0.25, -0.2) is 19.1 Å². The van der Waals surface area contributed by atoms with Gasteiger partial charge in [0.2, 0.25) is 5.95 Å². The second-order valence-corrected chi connectivity index (χ2v) is 8.29. The highest BCUT2D eigenvalue weighted by atomic mass is 35.5. The zero-order valence-corrected chi connectivity index (χ0v) is 20.0. The van der Waals surface area contributed by atoms with Crippen molar-refractivity contribution in [3.05, 3.63) is 75.1 Å². The highest BCUT2D eigenvalue weighted by Gasteiger charge is 2.21. The maximum Gasteiger partial charge on any atom is 0.327 e. The molecule has 11 heteroatoms. The third-order valence-electron chi connectivity index (χ3n) is 4.47. The third-order valence-corrected chi connectivity index (χ3v) is 5.54. The van der Waals surface area contributed by atoms with E-state index in [1.54, 1.807) is 19.2 Å². The summed E-state index contributed by atoms with van der Waals surface area (Å²) >= 11 is 18.3. The molecule has 0 aliphatic rings. The molecule has 1 aromatic heterocycles. The first kappa shape index (κ1) is 25.0. The number of benzene rings is 2. The van der Waals surface area contributed by atoms with Gasteiger partial charge in [0.1, 0.15) is 11.6 Å². The molecule has 33 heavy (non-hydrogen) atoms. The lowest BCUT2D eigenvalue weighted by atomic mass is 10.2. The van der Waals surface area contributed by atoms with Crippen molar-refractivity contribution < 1.29 is 13.9 Å². The van der Waals surface area contributed by atoms with E-state index in [9.17, 15) is 9.18 Å². The van der Waals surface area contributed by atoms with Crippen molar-refractivity contribution in [3.63, 3.8) is 0 Å². The van der Waals surface area contributed by atoms with Gasteiger partial charge in [-0.15, -0.1) is 0 Å². The van der Waals surface area contributed by atoms with E-state index in [0.717, 1.165) is 0 Å². The average molecular weight is 513 g/mol. The molecule has 1 heterocycles. The van der Waals surface area contributed by atoms with Crippen LogP contribution in [0.5, 0.6) is 0 Å². The van der Waals surface area contributed by atoms with Gasteiger partial charge in [0.25, 0.3) is 0 Å². The fourth-order valence-electron chi connectivity index (χ4n) is 2.95. The van der Waals surface area contributed by atoms with E-state index in [-0.39, 0.29) is 18.4 Å². The van der Waals surface area contributed by atoms with Crippen LogP contribution in [0, 0.1) is 5.82 Å². The molecule has 0 aliphatic carbocycles. The molecule has 0 saturated carbocycles. The summed E-state index contributed by atoms with van der Waals surface area (Å²) in [6, 6.07) is 9.55. The van der Waals surface area contributed by atoms with Crippen LogP contribution < -0.4 is 15.5 Å². The minimum absolute atomic E-state index is 0.0601. The Morgan fingerprint density at radius 1 is 1.12 bits per heavy atom. The van der Waals surface area contributed by atoms with Crippen LogP contribution in [0.3, 0.4) is 0 Å². The van der Waals surface area contributed by atoms with Crippen LogP contribution in [-0.2, 0) is 11.3 Å². The van der Waals surface area contributed by atoms with E-state index in [4.69, 9.17) is 39.5 Å². The number of carbonyl (C=O) groups excluding carboxylic acids is 1. The lowest BCUT2D eigenvalue weighted by Gasteiger charge is -2.23. The number of urea groups is 1. The predicted molar refractivity (Wildman–Crippen MR) is 129 cm³/mol. The van der Waals surface area contributed by atoms with E-state index >= 15 is 0 Å². The number of methoxy groups -OCH3 is 1. The van der Waals surface area contributed by atoms with E-state index < -0.39 is 11.8 Å². The van der Waals surface area contributed by atoms with Crippen molar-refractivity contribution in [2.45, 2.75) is 19.5 Å². The Balaban J connectivity index is 1.88. The molecule has 0 spiro atoms. The molecule has 7 nitrogen and oxygen atoms in total. The van der Waals surface area contributed by atoms with Gasteiger partial charge in [-0.2, -0.15) is 4.98 Å². The minimum Gasteiger partial charge on any atom is -0.383 e. The molecular formula is C22H21Cl3FN5O2. The van der Waals surface area contributed by atoms with E-state index in [1.807, 2.05) is 6.92 Å². The van der Waals surface area contributed by atoms with Crippen molar-refractivity contribution in [1.82, 2.24) is 15.3 Å². The summed E-state index contributed by atoms with van der Waals surface area (Å²) in [4.78, 5) is 23.2. The number of nitrogens with one attached hydrogen (secondary N) is 2. The summed E-state index contributed by atoms with van der Waals surface area (Å²) in [5.41, 5.74) is 0.987. The first-order valence-electron chi connectivity index (χ1n) is 9.84. The highest BCUT2D eigenvalue weighted by molar-refractivity contribution is 6.43. The summed E-state index contributed by atoms with van der Waals surface area (Å²) < 4.78 is 18.6. The number of aromatic nitrogens is 2. The van der Waals surface area contributed by atoms with Gasteiger partial charge in [0.05, 0.1) is 22.3 Å². The standard InChI is InChI=1S/C22H21Cl3FN5O2/c1-13(12-33-2)29-21-27-8-7-20(30-21)31(16-5-3-15(26)4-6-16)22(32)28-11-14-9-18(24)19(25)10-17(14)23/h3-10,13H,11-12H2,1-2H3,(H,28,32)(H,27,29,30). The SMILES string of the molecule is COCC(C)Nc1nccc(N(C(=O)NCc2cc(Cl)c(Cl)cc2Cl)c2ccc(F)cc2)n1. The molecule has 1 unspecified atom stereocenters. The third kappa shape index (κ3) is 6.68. The topological polar surface area (TPSA) is 79.4 Å². The number of carbonyl (C=O) groups is 1. The van der Waals surface area contributed by atoms with Crippen molar-refractivity contribution in [2.75, 3.05) is 23.9 Å². The lowest BCUT2D eigenvalue weighted by Crippen LogP contribution is -2.37. The summed E-state index contributed by atoms with van der Waals surface area (Å²) in [7, 11) is 1.59. The molecule has 3 aromatic rings. The number of nitrogens with zero attached hydrogens (tertiary/aromatic N) is 3. The maximum absolute atomic E-state index is 13.5. The maximum atomic E-state index is 13.5. The van der Waals surface area contributed by atoms with Crippen molar-refractivity contribution in [3.8, 4) is 0 Å². The fourth-order valence-corrected chi connectivity index (χ4v) is 3.58. The quantitative estimate of drug-likeness (QED) is 0.358. The van der Waals surface area contributed by atoms with Crippen molar-refractivity contribution in [1.29, 1.82) is 0 Å². The summed E-state index contributed by atoms with van der Waals surface area (Å²) in [6.45, 7) is 2.43. The number of amides is 2. The van der Waals surface area contributed by atoms with Crippen LogP contribution in [0.15, 0.2) is 48.7 Å². The van der Waals surface area contributed by atoms with E-state index in [1.165, 1.54) is 41.4 Å². The first-order chi connectivity index (χ1) is 15.8. The predicted octanol–water partition coefficient (Wildman–Crippen LogP) is 6.07. The molecule has 0 aliphatic heterocycles. The molecule has 3 rings (SSSR count).